The van der Waals surface area contributed by atoms with Crippen molar-refractivity contribution in [3.63, 3.8) is 0 Å². The van der Waals surface area contributed by atoms with Crippen LogP contribution in [-0.2, 0) is 9.53 Å². The molecule has 0 amide bonds. The van der Waals surface area contributed by atoms with E-state index in [0.29, 0.717) is 17.6 Å². The molecule has 3 nitrogen and oxygen atoms in total. The zero-order valence-electron chi connectivity index (χ0n) is 8.82. The Kier molecular flexibility index (Phi) is 4.14. The van der Waals surface area contributed by atoms with E-state index in [4.69, 9.17) is 9.84 Å². The van der Waals surface area contributed by atoms with Gasteiger partial charge in [-0.25, -0.2) is 4.79 Å². The van der Waals surface area contributed by atoms with Crippen molar-refractivity contribution in [2.75, 3.05) is 6.61 Å². The molecule has 0 aromatic carbocycles. The van der Waals surface area contributed by atoms with Crippen LogP contribution < -0.4 is 0 Å². The lowest BCUT2D eigenvalue weighted by Crippen LogP contribution is -2.05. The zero-order chi connectivity index (χ0) is 10.6. The maximum absolute atomic E-state index is 10.6. The molecule has 0 bridgehead atoms. The highest BCUT2D eigenvalue weighted by atomic mass is 16.6. The number of hydrogen-bond acceptors (Lipinski definition) is 2. The number of aliphatic carboxylic acids is 1. The van der Waals surface area contributed by atoms with Crippen LogP contribution in [0.1, 0.15) is 33.1 Å². The van der Waals surface area contributed by atoms with E-state index in [1.165, 1.54) is 0 Å². The van der Waals surface area contributed by atoms with Crippen LogP contribution in [0.25, 0.3) is 0 Å². The van der Waals surface area contributed by atoms with Crippen LogP contribution in [0.5, 0.6) is 0 Å². The molecule has 2 unspecified atom stereocenters. The summed E-state index contributed by atoms with van der Waals surface area (Å²) in [6.07, 6.45) is 5.35. The van der Waals surface area contributed by atoms with Crippen molar-refractivity contribution in [1.82, 2.24) is 0 Å². The van der Waals surface area contributed by atoms with E-state index >= 15 is 0 Å². The lowest BCUT2D eigenvalue weighted by molar-refractivity contribution is -0.132. The monoisotopic (exact) mass is 198 g/mol. The molecule has 1 heterocycles. The molecule has 0 aromatic rings. The Labute approximate surface area is 84.8 Å². The second-order valence-corrected chi connectivity index (χ2v) is 3.89. The molecule has 0 saturated carbocycles. The van der Waals surface area contributed by atoms with Crippen LogP contribution in [0.15, 0.2) is 11.6 Å². The first kappa shape index (κ1) is 11.2. The van der Waals surface area contributed by atoms with Gasteiger partial charge in [-0.1, -0.05) is 19.4 Å². The van der Waals surface area contributed by atoms with Gasteiger partial charge in [-0.15, -0.1) is 0 Å². The number of allylic oxidation sites excluding steroid dienone is 1. The van der Waals surface area contributed by atoms with Gasteiger partial charge in [0.15, 0.2) is 0 Å². The Bertz CT molecular complexity index is 229. The first-order valence-corrected chi connectivity index (χ1v) is 5.16. The number of carbonyl (C=O) groups is 1. The van der Waals surface area contributed by atoms with E-state index < -0.39 is 5.97 Å². The minimum atomic E-state index is -0.817. The Morgan fingerprint density at radius 2 is 2.36 bits per heavy atom. The van der Waals surface area contributed by atoms with Gasteiger partial charge in [0.05, 0.1) is 12.7 Å². The molecule has 1 fully saturated rings. The molecule has 3 heteroatoms. The third kappa shape index (κ3) is 3.92. The standard InChI is InChI=1S/C11H18O3/c1-3-4-9(6-10-7-14-10)5-8(2)11(12)13/h5,9-10H,3-4,6-7H2,1-2H3,(H,12,13). The molecular weight excluding hydrogens is 180 g/mol. The molecule has 1 rings (SSSR count). The lowest BCUT2D eigenvalue weighted by atomic mass is 9.96. The van der Waals surface area contributed by atoms with Crippen LogP contribution >= 0.6 is 0 Å². The predicted octanol–water partition coefficient (Wildman–Crippen LogP) is 2.22. The molecule has 0 aromatic heterocycles. The summed E-state index contributed by atoms with van der Waals surface area (Å²) in [6, 6.07) is 0. The smallest absolute Gasteiger partial charge is 0.330 e. The molecule has 80 valence electrons. The van der Waals surface area contributed by atoms with Crippen molar-refractivity contribution < 1.29 is 14.6 Å². The molecule has 0 radical (unpaired) electrons. The first-order chi connectivity index (χ1) is 6.63. The number of carboxylic acids is 1. The highest BCUT2D eigenvalue weighted by Gasteiger charge is 2.25. The van der Waals surface area contributed by atoms with E-state index in [0.717, 1.165) is 25.9 Å². The molecule has 2 atom stereocenters. The third-order valence-corrected chi connectivity index (χ3v) is 2.45. The van der Waals surface area contributed by atoms with Crippen molar-refractivity contribution in [1.29, 1.82) is 0 Å². The molecule has 0 spiro atoms. The average Bonchev–Trinajstić information content (AvgIpc) is 2.88. The highest BCUT2D eigenvalue weighted by molar-refractivity contribution is 5.85. The maximum atomic E-state index is 10.6. The topological polar surface area (TPSA) is 49.8 Å². The summed E-state index contributed by atoms with van der Waals surface area (Å²) in [4.78, 5) is 10.6. The zero-order valence-corrected chi connectivity index (χ0v) is 8.82. The number of hydrogen-bond donors (Lipinski definition) is 1. The lowest BCUT2D eigenvalue weighted by Gasteiger charge is -2.10. The third-order valence-electron chi connectivity index (χ3n) is 2.45. The molecule has 1 N–H and O–H groups in total. The fraction of sp³-hybridized carbons (Fsp3) is 0.727. The summed E-state index contributed by atoms with van der Waals surface area (Å²) in [5.74, 6) is -0.452. The van der Waals surface area contributed by atoms with Crippen LogP contribution in [0.3, 0.4) is 0 Å². The number of ether oxygens (including phenoxy) is 1. The van der Waals surface area contributed by atoms with Gasteiger partial charge in [0.2, 0.25) is 0 Å². The van der Waals surface area contributed by atoms with Gasteiger partial charge in [0.1, 0.15) is 0 Å². The van der Waals surface area contributed by atoms with Crippen LogP contribution in [0.4, 0.5) is 0 Å². The molecule has 1 aliphatic heterocycles. The van der Waals surface area contributed by atoms with Gasteiger partial charge in [0.25, 0.3) is 0 Å². The Morgan fingerprint density at radius 3 is 2.79 bits per heavy atom. The summed E-state index contributed by atoms with van der Waals surface area (Å²) >= 11 is 0. The van der Waals surface area contributed by atoms with Crippen LogP contribution in [0.2, 0.25) is 0 Å². The van der Waals surface area contributed by atoms with Crippen LogP contribution in [-0.4, -0.2) is 23.8 Å². The first-order valence-electron chi connectivity index (χ1n) is 5.16. The van der Waals surface area contributed by atoms with E-state index in [-0.39, 0.29) is 0 Å². The summed E-state index contributed by atoms with van der Waals surface area (Å²) in [5, 5.41) is 8.75. The molecule has 1 saturated heterocycles. The van der Waals surface area contributed by atoms with Crippen molar-refractivity contribution in [2.45, 2.75) is 39.2 Å². The van der Waals surface area contributed by atoms with Crippen molar-refractivity contribution >= 4 is 5.97 Å². The fourth-order valence-electron chi connectivity index (χ4n) is 1.61. The van der Waals surface area contributed by atoms with E-state index in [1.54, 1.807) is 6.92 Å². The summed E-state index contributed by atoms with van der Waals surface area (Å²) in [6.45, 7) is 4.61. The van der Waals surface area contributed by atoms with Crippen molar-refractivity contribution in [3.8, 4) is 0 Å². The minimum absolute atomic E-state index is 0.364. The van der Waals surface area contributed by atoms with Gasteiger partial charge < -0.3 is 9.84 Å². The number of epoxide rings is 1. The second kappa shape index (κ2) is 5.15. The highest BCUT2D eigenvalue weighted by Crippen LogP contribution is 2.24. The largest absolute Gasteiger partial charge is 0.478 e. The van der Waals surface area contributed by atoms with Gasteiger partial charge >= 0.3 is 5.97 Å². The second-order valence-electron chi connectivity index (χ2n) is 3.89. The maximum Gasteiger partial charge on any atom is 0.330 e. The molecular formula is C11H18O3. The van der Waals surface area contributed by atoms with E-state index in [1.807, 2.05) is 6.08 Å². The summed E-state index contributed by atoms with van der Waals surface area (Å²) in [7, 11) is 0. The SMILES string of the molecule is CCCC(C=C(C)C(=O)O)CC1CO1. The van der Waals surface area contributed by atoms with Crippen molar-refractivity contribution in [3.05, 3.63) is 11.6 Å². The quantitative estimate of drug-likeness (QED) is 0.526. The van der Waals surface area contributed by atoms with Crippen molar-refractivity contribution in [2.24, 2.45) is 5.92 Å². The molecule has 1 aliphatic rings. The van der Waals surface area contributed by atoms with Crippen LogP contribution in [0, 0.1) is 5.92 Å². The molecule has 0 aliphatic carbocycles. The summed E-state index contributed by atoms with van der Waals surface area (Å²) in [5.41, 5.74) is 0.448. The minimum Gasteiger partial charge on any atom is -0.478 e. The average molecular weight is 198 g/mol. The van der Waals surface area contributed by atoms with E-state index in [9.17, 15) is 4.79 Å². The fourth-order valence-corrected chi connectivity index (χ4v) is 1.61. The van der Waals surface area contributed by atoms with Gasteiger partial charge in [-0.2, -0.15) is 0 Å². The predicted molar refractivity (Wildman–Crippen MR) is 54.1 cm³/mol. The normalized spacial score (nSPS) is 23.3. The molecule has 14 heavy (non-hydrogen) atoms. The van der Waals surface area contributed by atoms with Gasteiger partial charge in [-0.3, -0.25) is 0 Å². The van der Waals surface area contributed by atoms with Gasteiger partial charge in [-0.05, 0) is 25.7 Å². The Morgan fingerprint density at radius 1 is 1.71 bits per heavy atom. The van der Waals surface area contributed by atoms with E-state index in [2.05, 4.69) is 6.92 Å². The van der Waals surface area contributed by atoms with Gasteiger partial charge in [0, 0.05) is 5.57 Å². The Balaban J connectivity index is 2.47. The number of carboxylic acid groups (broad SMARTS) is 1. The Hall–Kier alpha value is -0.830. The summed E-state index contributed by atoms with van der Waals surface area (Å²) < 4.78 is 5.15. The number of rotatable bonds is 6.